The Morgan fingerprint density at radius 3 is 2.45 bits per heavy atom. The fourth-order valence-electron chi connectivity index (χ4n) is 4.24. The summed E-state index contributed by atoms with van der Waals surface area (Å²) in [6.45, 7) is 8.24. The first-order chi connectivity index (χ1) is 13.9. The highest BCUT2D eigenvalue weighted by Gasteiger charge is 2.24. The van der Waals surface area contributed by atoms with Crippen molar-refractivity contribution in [3.63, 3.8) is 0 Å². The molecule has 152 valence electrons. The predicted molar refractivity (Wildman–Crippen MR) is 118 cm³/mol. The van der Waals surface area contributed by atoms with Gasteiger partial charge in [-0.2, -0.15) is 0 Å². The van der Waals surface area contributed by atoms with Crippen molar-refractivity contribution in [3.8, 4) is 0 Å². The van der Waals surface area contributed by atoms with Crippen molar-refractivity contribution in [2.45, 2.75) is 65.9 Å². The van der Waals surface area contributed by atoms with Crippen molar-refractivity contribution in [1.29, 1.82) is 0 Å². The molecule has 4 rings (SSSR count). The molecule has 1 N–H and O–H groups in total. The van der Waals surface area contributed by atoms with Crippen LogP contribution in [0, 0.1) is 27.7 Å². The highest BCUT2D eigenvalue weighted by atomic mass is 32.1. The Kier molecular flexibility index (Phi) is 5.54. The van der Waals surface area contributed by atoms with Gasteiger partial charge in [0.1, 0.15) is 28.0 Å². The van der Waals surface area contributed by atoms with E-state index >= 15 is 0 Å². The molecule has 2 heterocycles. The van der Waals surface area contributed by atoms with Crippen molar-refractivity contribution in [1.82, 2.24) is 9.97 Å². The number of nitrogens with zero attached hydrogens (tertiary/aromatic N) is 2. The van der Waals surface area contributed by atoms with Gasteiger partial charge in [0, 0.05) is 5.69 Å². The Hall–Kier alpha value is -2.47. The normalized spacial score (nSPS) is 14.9. The van der Waals surface area contributed by atoms with Crippen LogP contribution >= 0.6 is 11.3 Å². The second-order valence-corrected chi connectivity index (χ2v) is 9.02. The van der Waals surface area contributed by atoms with E-state index in [1.165, 1.54) is 34.4 Å². The Morgan fingerprint density at radius 1 is 1.07 bits per heavy atom. The number of fused-ring (bicyclic) bond motifs is 1. The molecular formula is C23H27N3O2S. The van der Waals surface area contributed by atoms with E-state index in [4.69, 9.17) is 4.74 Å². The molecule has 1 aliphatic rings. The number of anilines is 2. The van der Waals surface area contributed by atoms with Gasteiger partial charge in [0.2, 0.25) is 0 Å². The van der Waals surface area contributed by atoms with Crippen LogP contribution in [0.15, 0.2) is 18.5 Å². The van der Waals surface area contributed by atoms with Crippen molar-refractivity contribution >= 4 is 39.0 Å². The molecule has 0 aliphatic heterocycles. The molecule has 0 atom stereocenters. The van der Waals surface area contributed by atoms with Gasteiger partial charge in [-0.25, -0.2) is 14.8 Å². The maximum absolute atomic E-state index is 12.8. The number of thiophene rings is 1. The molecule has 0 radical (unpaired) electrons. The lowest BCUT2D eigenvalue weighted by atomic mass is 9.98. The van der Waals surface area contributed by atoms with Crippen LogP contribution in [0.4, 0.5) is 11.5 Å². The number of esters is 1. The van der Waals surface area contributed by atoms with Crippen LogP contribution in [-0.2, 0) is 4.74 Å². The van der Waals surface area contributed by atoms with Crippen LogP contribution in [0.5, 0.6) is 0 Å². The maximum atomic E-state index is 12.8. The summed E-state index contributed by atoms with van der Waals surface area (Å²) >= 11 is 1.39. The summed E-state index contributed by atoms with van der Waals surface area (Å²) in [5, 5.41) is 4.38. The van der Waals surface area contributed by atoms with Crippen molar-refractivity contribution in [2.24, 2.45) is 0 Å². The number of nitrogens with one attached hydrogen (secondary N) is 1. The summed E-state index contributed by atoms with van der Waals surface area (Å²) in [4.78, 5) is 23.2. The second kappa shape index (κ2) is 8.11. The van der Waals surface area contributed by atoms with Crippen LogP contribution in [0.3, 0.4) is 0 Å². The number of benzene rings is 1. The summed E-state index contributed by atoms with van der Waals surface area (Å²) in [6, 6.07) is 4.31. The predicted octanol–water partition coefficient (Wildman–Crippen LogP) is 6.16. The van der Waals surface area contributed by atoms with Gasteiger partial charge < -0.3 is 10.1 Å². The third-order valence-electron chi connectivity index (χ3n) is 5.66. The van der Waals surface area contributed by atoms with Crippen LogP contribution in [0.2, 0.25) is 0 Å². The smallest absolute Gasteiger partial charge is 0.348 e. The van der Waals surface area contributed by atoms with Crippen LogP contribution in [-0.4, -0.2) is 22.0 Å². The van der Waals surface area contributed by atoms with E-state index in [9.17, 15) is 4.79 Å². The summed E-state index contributed by atoms with van der Waals surface area (Å²) in [7, 11) is 0. The van der Waals surface area contributed by atoms with Crippen LogP contribution in [0.1, 0.15) is 64.0 Å². The minimum Gasteiger partial charge on any atom is -0.458 e. The highest BCUT2D eigenvalue weighted by Crippen LogP contribution is 2.36. The zero-order chi connectivity index (χ0) is 20.5. The molecule has 0 spiro atoms. The summed E-state index contributed by atoms with van der Waals surface area (Å²) in [5.41, 5.74) is 5.50. The summed E-state index contributed by atoms with van der Waals surface area (Å²) < 4.78 is 5.80. The molecule has 1 aromatic carbocycles. The molecule has 5 nitrogen and oxygen atoms in total. The molecule has 0 bridgehead atoms. The van der Waals surface area contributed by atoms with E-state index in [0.29, 0.717) is 4.88 Å². The van der Waals surface area contributed by atoms with E-state index in [1.807, 2.05) is 6.92 Å². The Balaban J connectivity index is 1.67. The van der Waals surface area contributed by atoms with Crippen molar-refractivity contribution < 1.29 is 9.53 Å². The average molecular weight is 410 g/mol. The molecule has 1 saturated carbocycles. The van der Waals surface area contributed by atoms with E-state index in [2.05, 4.69) is 48.2 Å². The van der Waals surface area contributed by atoms with E-state index in [1.54, 1.807) is 6.33 Å². The third kappa shape index (κ3) is 3.99. The number of aromatic nitrogens is 2. The number of hydrogen-bond acceptors (Lipinski definition) is 6. The Morgan fingerprint density at radius 2 is 1.76 bits per heavy atom. The average Bonchev–Trinajstić information content (AvgIpc) is 3.03. The van der Waals surface area contributed by atoms with Gasteiger partial charge >= 0.3 is 5.97 Å². The van der Waals surface area contributed by atoms with Gasteiger partial charge in [-0.05, 0) is 70.1 Å². The first kappa shape index (κ1) is 19.8. The fourth-order valence-corrected chi connectivity index (χ4v) is 5.28. The number of carbonyl (C=O) groups is 1. The number of rotatable bonds is 4. The van der Waals surface area contributed by atoms with Gasteiger partial charge in [0.15, 0.2) is 0 Å². The fraction of sp³-hybridized carbons (Fsp3) is 0.435. The SMILES string of the molecule is Cc1cc(C)c(Nc2ncnc3sc(C(=O)OC4CCCCC4)c(C)c23)c(C)c1. The van der Waals surface area contributed by atoms with Crippen molar-refractivity contribution in [2.75, 3.05) is 5.32 Å². The molecule has 0 unspecified atom stereocenters. The van der Waals surface area contributed by atoms with Crippen LogP contribution in [0.25, 0.3) is 10.2 Å². The zero-order valence-corrected chi connectivity index (χ0v) is 18.3. The summed E-state index contributed by atoms with van der Waals surface area (Å²) in [5.74, 6) is 0.501. The molecular weight excluding hydrogens is 382 g/mol. The Labute approximate surface area is 175 Å². The summed E-state index contributed by atoms with van der Waals surface area (Å²) in [6.07, 6.45) is 7.04. The van der Waals surface area contributed by atoms with Crippen LogP contribution < -0.4 is 5.32 Å². The zero-order valence-electron chi connectivity index (χ0n) is 17.5. The minimum atomic E-state index is -0.231. The Bertz CT molecular complexity index is 1040. The molecule has 6 heteroatoms. The molecule has 1 fully saturated rings. The molecule has 3 aromatic rings. The number of hydrogen-bond donors (Lipinski definition) is 1. The number of carbonyl (C=O) groups excluding carboxylic acids is 1. The molecule has 0 amide bonds. The van der Waals surface area contributed by atoms with E-state index in [-0.39, 0.29) is 12.1 Å². The van der Waals surface area contributed by atoms with Crippen molar-refractivity contribution in [3.05, 3.63) is 45.6 Å². The van der Waals surface area contributed by atoms with E-state index in [0.717, 1.165) is 53.0 Å². The van der Waals surface area contributed by atoms with Gasteiger partial charge in [-0.3, -0.25) is 0 Å². The molecule has 0 saturated heterocycles. The largest absolute Gasteiger partial charge is 0.458 e. The molecule has 1 aliphatic carbocycles. The quantitative estimate of drug-likeness (QED) is 0.523. The first-order valence-corrected chi connectivity index (χ1v) is 11.1. The lowest BCUT2D eigenvalue weighted by molar-refractivity contribution is 0.0216. The number of ether oxygens (including phenoxy) is 1. The lowest BCUT2D eigenvalue weighted by Gasteiger charge is -2.21. The third-order valence-corrected chi connectivity index (χ3v) is 6.84. The van der Waals surface area contributed by atoms with Gasteiger partial charge in [-0.1, -0.05) is 24.1 Å². The minimum absolute atomic E-state index is 0.0439. The molecule has 29 heavy (non-hydrogen) atoms. The molecule has 2 aromatic heterocycles. The topological polar surface area (TPSA) is 64.1 Å². The number of aryl methyl sites for hydroxylation is 4. The second-order valence-electron chi connectivity index (χ2n) is 8.02. The standard InChI is InChI=1S/C23H27N3O2S/c1-13-10-14(2)19(15(3)11-13)26-21-18-16(4)20(29-22(18)25-12-24-21)23(27)28-17-8-6-5-7-9-17/h10-12,17H,5-9H2,1-4H3,(H,24,25,26). The van der Waals surface area contributed by atoms with Gasteiger partial charge in [0.25, 0.3) is 0 Å². The maximum Gasteiger partial charge on any atom is 0.348 e. The highest BCUT2D eigenvalue weighted by molar-refractivity contribution is 7.20. The monoisotopic (exact) mass is 409 g/mol. The van der Waals surface area contributed by atoms with Gasteiger partial charge in [-0.15, -0.1) is 11.3 Å². The first-order valence-electron chi connectivity index (χ1n) is 10.2. The van der Waals surface area contributed by atoms with Gasteiger partial charge in [0.05, 0.1) is 5.39 Å². The lowest BCUT2D eigenvalue weighted by Crippen LogP contribution is -2.20. The van der Waals surface area contributed by atoms with E-state index < -0.39 is 0 Å².